The minimum Gasteiger partial charge on any atom is -0.207 e. The van der Waals surface area contributed by atoms with Crippen LogP contribution >= 0.6 is 0 Å². The molecular formula is C14H10FN3. The Hall–Kier alpha value is -2.49. The first kappa shape index (κ1) is 10.7. The van der Waals surface area contributed by atoms with Crippen molar-refractivity contribution in [3.05, 3.63) is 66.6 Å². The van der Waals surface area contributed by atoms with Crippen LogP contribution < -0.4 is 0 Å². The summed E-state index contributed by atoms with van der Waals surface area (Å²) in [6.07, 6.45) is 1.69. The van der Waals surface area contributed by atoms with Gasteiger partial charge in [0.25, 0.3) is 0 Å². The second-order valence-corrected chi connectivity index (χ2v) is 3.86. The first-order chi connectivity index (χ1) is 8.83. The highest BCUT2D eigenvalue weighted by Crippen LogP contribution is 2.16. The van der Waals surface area contributed by atoms with Crippen LogP contribution in [0.25, 0.3) is 16.9 Å². The third-order valence-electron chi connectivity index (χ3n) is 2.62. The van der Waals surface area contributed by atoms with Crippen LogP contribution in [0.5, 0.6) is 0 Å². The predicted octanol–water partition coefficient (Wildman–Crippen LogP) is 3.07. The monoisotopic (exact) mass is 239 g/mol. The molecule has 0 N–H and O–H groups in total. The summed E-state index contributed by atoms with van der Waals surface area (Å²) < 4.78 is 12.8. The van der Waals surface area contributed by atoms with Crippen LogP contribution in [0.3, 0.4) is 0 Å². The Morgan fingerprint density at radius 2 is 1.61 bits per heavy atom. The zero-order chi connectivity index (χ0) is 12.4. The number of rotatable bonds is 2. The van der Waals surface area contributed by atoms with E-state index in [1.165, 1.54) is 16.9 Å². The van der Waals surface area contributed by atoms with E-state index in [0.717, 1.165) is 16.9 Å². The summed E-state index contributed by atoms with van der Waals surface area (Å²) in [5.74, 6) is -0.269. The van der Waals surface area contributed by atoms with Crippen LogP contribution in [0.1, 0.15) is 0 Å². The molecule has 0 atom stereocenters. The Morgan fingerprint density at radius 1 is 0.889 bits per heavy atom. The highest BCUT2D eigenvalue weighted by atomic mass is 19.1. The molecule has 2 aromatic carbocycles. The topological polar surface area (TPSA) is 30.7 Å². The summed E-state index contributed by atoms with van der Waals surface area (Å²) in [5, 5.41) is 8.54. The van der Waals surface area contributed by atoms with Crippen molar-refractivity contribution in [3.63, 3.8) is 0 Å². The van der Waals surface area contributed by atoms with Crippen LogP contribution in [-0.4, -0.2) is 15.0 Å². The molecule has 0 aliphatic carbocycles. The summed E-state index contributed by atoms with van der Waals surface area (Å²) in [4.78, 5) is 1.49. The number of aromatic nitrogens is 3. The molecule has 1 heterocycles. The van der Waals surface area contributed by atoms with Crippen LogP contribution in [-0.2, 0) is 0 Å². The molecule has 0 fully saturated rings. The largest absolute Gasteiger partial charge is 0.207 e. The minimum absolute atomic E-state index is 0.269. The van der Waals surface area contributed by atoms with Crippen LogP contribution in [0.2, 0.25) is 0 Å². The Labute approximate surface area is 104 Å². The highest BCUT2D eigenvalue weighted by Gasteiger charge is 2.04. The number of nitrogens with zero attached hydrogens (tertiary/aromatic N) is 3. The Balaban J connectivity index is 1.97. The molecule has 3 nitrogen and oxygen atoms in total. The molecule has 0 radical (unpaired) electrons. The van der Waals surface area contributed by atoms with Crippen molar-refractivity contribution in [2.45, 2.75) is 0 Å². The molecule has 0 saturated carbocycles. The van der Waals surface area contributed by atoms with E-state index in [2.05, 4.69) is 10.2 Å². The lowest BCUT2D eigenvalue weighted by molar-refractivity contribution is 0.626. The summed E-state index contributed by atoms with van der Waals surface area (Å²) >= 11 is 0. The predicted molar refractivity (Wildman–Crippen MR) is 66.8 cm³/mol. The van der Waals surface area contributed by atoms with E-state index in [9.17, 15) is 4.39 Å². The average Bonchev–Trinajstić information content (AvgIpc) is 2.90. The van der Waals surface area contributed by atoms with E-state index in [4.69, 9.17) is 0 Å². The fraction of sp³-hybridized carbons (Fsp3) is 0. The maximum atomic E-state index is 12.8. The van der Waals surface area contributed by atoms with Crippen molar-refractivity contribution in [1.29, 1.82) is 0 Å². The van der Waals surface area contributed by atoms with E-state index >= 15 is 0 Å². The van der Waals surface area contributed by atoms with Gasteiger partial charge in [0.05, 0.1) is 11.9 Å². The molecule has 0 aliphatic rings. The first-order valence-electron chi connectivity index (χ1n) is 5.57. The number of benzene rings is 2. The molecule has 4 heteroatoms. The minimum atomic E-state index is -0.269. The highest BCUT2D eigenvalue weighted by molar-refractivity contribution is 5.57. The van der Waals surface area contributed by atoms with E-state index in [1.54, 1.807) is 18.3 Å². The van der Waals surface area contributed by atoms with Crippen molar-refractivity contribution in [2.24, 2.45) is 0 Å². The molecule has 1 aromatic heterocycles. The number of halogens is 1. The van der Waals surface area contributed by atoms with Gasteiger partial charge in [-0.15, -0.1) is 5.10 Å². The fourth-order valence-corrected chi connectivity index (χ4v) is 1.70. The lowest BCUT2D eigenvalue weighted by Gasteiger charge is -1.98. The van der Waals surface area contributed by atoms with Gasteiger partial charge >= 0.3 is 0 Å². The van der Waals surface area contributed by atoms with E-state index in [-0.39, 0.29) is 5.82 Å². The molecule has 3 aromatic rings. The van der Waals surface area contributed by atoms with Gasteiger partial charge in [-0.3, -0.25) is 0 Å². The van der Waals surface area contributed by atoms with Crippen molar-refractivity contribution >= 4 is 0 Å². The van der Waals surface area contributed by atoms with Crippen LogP contribution in [0, 0.1) is 5.82 Å². The van der Waals surface area contributed by atoms with Gasteiger partial charge in [-0.2, -0.15) is 9.90 Å². The van der Waals surface area contributed by atoms with Crippen molar-refractivity contribution in [3.8, 4) is 16.9 Å². The smallest absolute Gasteiger partial charge is 0.123 e. The lowest BCUT2D eigenvalue weighted by Crippen LogP contribution is -1.98. The summed E-state index contributed by atoms with van der Waals surface area (Å²) in [6.45, 7) is 0. The molecule has 0 unspecified atom stereocenters. The number of hydrogen-bond donors (Lipinski definition) is 0. The van der Waals surface area contributed by atoms with Gasteiger partial charge < -0.3 is 0 Å². The quantitative estimate of drug-likeness (QED) is 0.688. The normalized spacial score (nSPS) is 10.5. The van der Waals surface area contributed by atoms with Gasteiger partial charge in [-0.1, -0.05) is 30.3 Å². The standard InChI is InChI=1S/C14H10FN3/c15-12-6-8-13(9-7-12)18-16-10-14(17-18)11-4-2-1-3-5-11/h1-10H. The van der Waals surface area contributed by atoms with Crippen molar-refractivity contribution in [2.75, 3.05) is 0 Å². The molecule has 0 spiro atoms. The molecule has 0 bridgehead atoms. The van der Waals surface area contributed by atoms with Gasteiger partial charge in [0.15, 0.2) is 0 Å². The maximum absolute atomic E-state index is 12.8. The molecule has 88 valence electrons. The third kappa shape index (κ3) is 2.00. The number of hydrogen-bond acceptors (Lipinski definition) is 2. The van der Waals surface area contributed by atoms with E-state index in [1.807, 2.05) is 30.3 Å². The summed E-state index contributed by atoms with van der Waals surface area (Å²) in [7, 11) is 0. The fourth-order valence-electron chi connectivity index (χ4n) is 1.70. The Bertz CT molecular complexity index is 644. The first-order valence-corrected chi connectivity index (χ1v) is 5.57. The molecule has 0 aliphatic heterocycles. The molecule has 18 heavy (non-hydrogen) atoms. The zero-order valence-electron chi connectivity index (χ0n) is 9.49. The van der Waals surface area contributed by atoms with Crippen molar-refractivity contribution < 1.29 is 4.39 Å². The average molecular weight is 239 g/mol. The van der Waals surface area contributed by atoms with Gasteiger partial charge in [0, 0.05) is 5.56 Å². The Morgan fingerprint density at radius 3 is 2.33 bits per heavy atom. The van der Waals surface area contributed by atoms with E-state index < -0.39 is 0 Å². The molecule has 0 amide bonds. The molecule has 3 rings (SSSR count). The Kier molecular flexibility index (Phi) is 2.61. The third-order valence-corrected chi connectivity index (χ3v) is 2.62. The summed E-state index contributed by atoms with van der Waals surface area (Å²) in [5.41, 5.74) is 2.53. The van der Waals surface area contributed by atoms with Gasteiger partial charge in [-0.05, 0) is 24.3 Å². The van der Waals surface area contributed by atoms with Crippen LogP contribution in [0.4, 0.5) is 4.39 Å². The zero-order valence-corrected chi connectivity index (χ0v) is 9.49. The molecular weight excluding hydrogens is 229 g/mol. The lowest BCUT2D eigenvalue weighted by atomic mass is 10.2. The molecule has 0 saturated heterocycles. The second kappa shape index (κ2) is 4.41. The summed E-state index contributed by atoms with van der Waals surface area (Å²) in [6, 6.07) is 15.9. The van der Waals surface area contributed by atoms with Gasteiger partial charge in [-0.25, -0.2) is 4.39 Å². The van der Waals surface area contributed by atoms with Crippen molar-refractivity contribution in [1.82, 2.24) is 15.0 Å². The SMILES string of the molecule is Fc1ccc(-n2ncc(-c3ccccc3)n2)cc1. The van der Waals surface area contributed by atoms with Gasteiger partial charge in [0.2, 0.25) is 0 Å². The maximum Gasteiger partial charge on any atom is 0.123 e. The van der Waals surface area contributed by atoms with Gasteiger partial charge in [0.1, 0.15) is 11.5 Å². The van der Waals surface area contributed by atoms with E-state index in [0.29, 0.717) is 0 Å². The van der Waals surface area contributed by atoms with Crippen LogP contribution in [0.15, 0.2) is 60.8 Å². The second-order valence-electron chi connectivity index (χ2n) is 3.86.